The van der Waals surface area contributed by atoms with E-state index in [1.807, 2.05) is 31.2 Å². The van der Waals surface area contributed by atoms with Crippen LogP contribution in [-0.4, -0.2) is 28.4 Å². The minimum Gasteiger partial charge on any atom is -0.463 e. The van der Waals surface area contributed by atoms with Gasteiger partial charge in [-0.05, 0) is 19.1 Å². The first-order chi connectivity index (χ1) is 8.11. The molecule has 0 fully saturated rings. The molecule has 0 saturated carbocycles. The molecule has 0 atom stereocenters. The number of thioether (sulfide) groups is 1. The van der Waals surface area contributed by atoms with Gasteiger partial charge in [0.15, 0.2) is 5.17 Å². The topological polar surface area (TPSA) is 78.8 Å². The van der Waals surface area contributed by atoms with Crippen LogP contribution in [0.2, 0.25) is 0 Å². The number of anilines is 1. The van der Waals surface area contributed by atoms with Gasteiger partial charge in [0.2, 0.25) is 0 Å². The maximum atomic E-state index is 10.5. The predicted octanol–water partition coefficient (Wildman–Crippen LogP) is 2.37. The average Bonchev–Trinajstić information content (AvgIpc) is 2.28. The van der Waals surface area contributed by atoms with E-state index in [4.69, 9.17) is 5.11 Å². The van der Waals surface area contributed by atoms with E-state index in [1.165, 1.54) is 0 Å². The quantitative estimate of drug-likeness (QED) is 0.490. The monoisotopic (exact) mass is 252 g/mol. The van der Waals surface area contributed by atoms with Crippen LogP contribution >= 0.6 is 11.8 Å². The zero-order valence-electron chi connectivity index (χ0n) is 9.21. The van der Waals surface area contributed by atoms with Gasteiger partial charge in [-0.2, -0.15) is 4.99 Å². The number of rotatable bonds is 3. The summed E-state index contributed by atoms with van der Waals surface area (Å²) in [5.41, 5.74) is 1.84. The van der Waals surface area contributed by atoms with E-state index < -0.39 is 6.09 Å². The van der Waals surface area contributed by atoms with Gasteiger partial charge in [0.1, 0.15) is 6.29 Å². The molecule has 1 amide bonds. The van der Waals surface area contributed by atoms with Crippen LogP contribution in [0.25, 0.3) is 0 Å². The van der Waals surface area contributed by atoms with Crippen LogP contribution in [0.3, 0.4) is 0 Å². The van der Waals surface area contributed by atoms with Crippen LogP contribution < -0.4 is 5.32 Å². The lowest BCUT2D eigenvalue weighted by Crippen LogP contribution is -2.11. The van der Waals surface area contributed by atoms with Gasteiger partial charge in [-0.15, -0.1) is 0 Å². The molecule has 1 rings (SSSR count). The molecule has 1 aromatic carbocycles. The molecular weight excluding hydrogens is 240 g/mol. The Labute approximate surface area is 103 Å². The molecule has 2 N–H and O–H groups in total. The molecule has 0 radical (unpaired) electrons. The molecule has 0 spiro atoms. The van der Waals surface area contributed by atoms with Gasteiger partial charge < -0.3 is 15.2 Å². The predicted molar refractivity (Wildman–Crippen MR) is 68.8 cm³/mol. The fraction of sp³-hybridized carbons (Fsp3) is 0.182. The number of carboxylic acid groups (broad SMARTS) is 1. The molecule has 0 bridgehead atoms. The maximum Gasteiger partial charge on any atom is 0.433 e. The van der Waals surface area contributed by atoms with E-state index in [0.29, 0.717) is 6.29 Å². The molecule has 17 heavy (non-hydrogen) atoms. The molecule has 0 heterocycles. The van der Waals surface area contributed by atoms with E-state index in [-0.39, 0.29) is 10.9 Å². The molecule has 90 valence electrons. The minimum absolute atomic E-state index is 0.158. The summed E-state index contributed by atoms with van der Waals surface area (Å²) in [6, 6.07) is 7.42. The first-order valence-corrected chi connectivity index (χ1v) is 5.82. The van der Waals surface area contributed by atoms with Gasteiger partial charge in [0.05, 0.1) is 5.75 Å². The zero-order valence-corrected chi connectivity index (χ0v) is 10.0. The van der Waals surface area contributed by atoms with Gasteiger partial charge >= 0.3 is 6.09 Å². The van der Waals surface area contributed by atoms with Crippen LogP contribution in [0, 0.1) is 6.92 Å². The number of aliphatic imine (C=N–C) groups is 1. The van der Waals surface area contributed by atoms with Crippen molar-refractivity contribution >= 4 is 35.0 Å². The lowest BCUT2D eigenvalue weighted by atomic mass is 10.2. The second-order valence-electron chi connectivity index (χ2n) is 3.17. The zero-order chi connectivity index (χ0) is 12.7. The van der Waals surface area contributed by atoms with Gasteiger partial charge in [-0.25, -0.2) is 4.79 Å². The minimum atomic E-state index is -1.29. The molecule has 0 aliphatic carbocycles. The molecule has 0 aliphatic heterocycles. The molecule has 0 saturated heterocycles. The molecule has 0 aliphatic rings. The van der Waals surface area contributed by atoms with Crippen molar-refractivity contribution in [1.82, 2.24) is 0 Å². The van der Waals surface area contributed by atoms with Crippen LogP contribution in [0.5, 0.6) is 0 Å². The Kier molecular flexibility index (Phi) is 5.22. The van der Waals surface area contributed by atoms with Gasteiger partial charge in [-0.1, -0.05) is 29.5 Å². The van der Waals surface area contributed by atoms with Crippen molar-refractivity contribution in [2.75, 3.05) is 11.1 Å². The van der Waals surface area contributed by atoms with Crippen LogP contribution in [0.4, 0.5) is 10.5 Å². The number of hydrogen-bond donors (Lipinski definition) is 2. The normalized spacial score (nSPS) is 11.0. The molecule has 0 unspecified atom stereocenters. The number of carbonyl (C=O) groups excluding carboxylic acids is 1. The number of carbonyl (C=O) groups is 2. The van der Waals surface area contributed by atoms with Gasteiger partial charge in [0.25, 0.3) is 0 Å². The third-order valence-corrected chi connectivity index (χ3v) is 2.56. The second kappa shape index (κ2) is 6.70. The lowest BCUT2D eigenvalue weighted by Gasteiger charge is -2.07. The molecule has 1 aromatic rings. The molecule has 5 nitrogen and oxygen atoms in total. The summed E-state index contributed by atoms with van der Waals surface area (Å²) >= 11 is 1.04. The van der Waals surface area contributed by atoms with Crippen molar-refractivity contribution < 1.29 is 14.7 Å². The van der Waals surface area contributed by atoms with Crippen molar-refractivity contribution in [1.29, 1.82) is 0 Å². The Balaban J connectivity index is 2.75. The number of nitrogens with zero attached hydrogens (tertiary/aromatic N) is 1. The Morgan fingerprint density at radius 1 is 1.47 bits per heavy atom. The SMILES string of the molecule is Cc1ccc(N/C(=N/C(=O)O)SCC=O)cc1. The summed E-state index contributed by atoms with van der Waals surface area (Å²) in [6.07, 6.45) is -0.600. The first kappa shape index (κ1) is 13.2. The van der Waals surface area contributed by atoms with Crippen molar-refractivity contribution in [3.8, 4) is 0 Å². The maximum absolute atomic E-state index is 10.5. The number of nitrogens with one attached hydrogen (secondary N) is 1. The second-order valence-corrected chi connectivity index (χ2v) is 4.18. The lowest BCUT2D eigenvalue weighted by molar-refractivity contribution is -0.105. The Bertz CT molecular complexity index is 429. The van der Waals surface area contributed by atoms with Crippen molar-refractivity contribution in [2.24, 2.45) is 4.99 Å². The number of benzene rings is 1. The first-order valence-electron chi connectivity index (χ1n) is 4.83. The third kappa shape index (κ3) is 5.17. The van der Waals surface area contributed by atoms with E-state index >= 15 is 0 Å². The highest BCUT2D eigenvalue weighted by atomic mass is 32.2. The highest BCUT2D eigenvalue weighted by Crippen LogP contribution is 2.12. The number of amidine groups is 1. The summed E-state index contributed by atoms with van der Waals surface area (Å²) in [5, 5.41) is 11.6. The summed E-state index contributed by atoms with van der Waals surface area (Å²) in [6.45, 7) is 1.96. The smallest absolute Gasteiger partial charge is 0.433 e. The Morgan fingerprint density at radius 3 is 2.65 bits per heavy atom. The van der Waals surface area contributed by atoms with Gasteiger partial charge in [-0.3, -0.25) is 0 Å². The highest BCUT2D eigenvalue weighted by molar-refractivity contribution is 8.14. The fourth-order valence-corrected chi connectivity index (χ4v) is 1.62. The van der Waals surface area contributed by atoms with Crippen LogP contribution in [0.1, 0.15) is 5.56 Å². The van der Waals surface area contributed by atoms with E-state index in [9.17, 15) is 9.59 Å². The standard InChI is InChI=1S/C11H12N2O3S/c1-8-2-4-9(5-3-8)12-10(13-11(15)16)17-7-6-14/h2-6H,7H2,1H3,(H,12,13)(H,15,16). The van der Waals surface area contributed by atoms with Gasteiger partial charge in [0, 0.05) is 5.69 Å². The van der Waals surface area contributed by atoms with Crippen molar-refractivity contribution in [3.63, 3.8) is 0 Å². The van der Waals surface area contributed by atoms with Crippen molar-refractivity contribution in [3.05, 3.63) is 29.8 Å². The van der Waals surface area contributed by atoms with E-state index in [0.717, 1.165) is 23.0 Å². The summed E-state index contributed by atoms with van der Waals surface area (Å²) < 4.78 is 0. The molecule has 0 aromatic heterocycles. The summed E-state index contributed by atoms with van der Waals surface area (Å²) in [4.78, 5) is 24.1. The summed E-state index contributed by atoms with van der Waals surface area (Å²) in [5.74, 6) is 0.158. The average molecular weight is 252 g/mol. The molecule has 6 heteroatoms. The number of amides is 1. The largest absolute Gasteiger partial charge is 0.463 e. The van der Waals surface area contributed by atoms with E-state index in [2.05, 4.69) is 10.3 Å². The van der Waals surface area contributed by atoms with Crippen LogP contribution in [0.15, 0.2) is 29.3 Å². The number of aryl methyl sites for hydroxylation is 1. The Hall–Kier alpha value is -1.82. The molecular formula is C11H12N2O3S. The summed E-state index contributed by atoms with van der Waals surface area (Å²) in [7, 11) is 0. The fourth-order valence-electron chi connectivity index (χ4n) is 1.06. The Morgan fingerprint density at radius 2 is 2.12 bits per heavy atom. The van der Waals surface area contributed by atoms with Crippen molar-refractivity contribution in [2.45, 2.75) is 6.92 Å². The number of aldehydes is 1. The third-order valence-electron chi connectivity index (χ3n) is 1.79. The van der Waals surface area contributed by atoms with Crippen LogP contribution in [-0.2, 0) is 4.79 Å². The van der Waals surface area contributed by atoms with E-state index in [1.54, 1.807) is 0 Å². The number of hydrogen-bond acceptors (Lipinski definition) is 3. The highest BCUT2D eigenvalue weighted by Gasteiger charge is 2.03.